The zero-order valence-corrected chi connectivity index (χ0v) is 10.5. The number of nitrogens with zero attached hydrogens (tertiary/aromatic N) is 1. The van der Waals surface area contributed by atoms with E-state index in [1.165, 1.54) is 19.3 Å². The van der Waals surface area contributed by atoms with Gasteiger partial charge in [0.25, 0.3) is 0 Å². The monoisotopic (exact) mass is 239 g/mol. The average molecular weight is 240 g/mol. The smallest absolute Gasteiger partial charge is 0.213 e. The van der Waals surface area contributed by atoms with Gasteiger partial charge in [-0.2, -0.15) is 0 Å². The molecule has 2 nitrogen and oxygen atoms in total. The van der Waals surface area contributed by atoms with Crippen LogP contribution in [0.2, 0.25) is 0 Å². The number of hydrogen-bond acceptors (Lipinski definition) is 2. The van der Waals surface area contributed by atoms with Gasteiger partial charge in [0.2, 0.25) is 5.88 Å². The van der Waals surface area contributed by atoms with Gasteiger partial charge < -0.3 is 4.74 Å². The van der Waals surface area contributed by atoms with Gasteiger partial charge in [-0.25, -0.2) is 4.98 Å². The summed E-state index contributed by atoms with van der Waals surface area (Å²) in [7, 11) is 0. The van der Waals surface area contributed by atoms with Crippen LogP contribution >= 0.6 is 11.6 Å². The Hall–Kier alpha value is -0.760. The lowest BCUT2D eigenvalue weighted by molar-refractivity contribution is 0.217. The van der Waals surface area contributed by atoms with E-state index < -0.39 is 0 Å². The molecule has 0 bridgehead atoms. The van der Waals surface area contributed by atoms with Crippen molar-refractivity contribution in [3.63, 3.8) is 0 Å². The molecule has 1 fully saturated rings. The van der Waals surface area contributed by atoms with Crippen molar-refractivity contribution in [2.24, 2.45) is 5.92 Å². The van der Waals surface area contributed by atoms with Gasteiger partial charge >= 0.3 is 0 Å². The van der Waals surface area contributed by atoms with Crippen LogP contribution in [0.25, 0.3) is 0 Å². The van der Waals surface area contributed by atoms with Gasteiger partial charge in [0.15, 0.2) is 0 Å². The lowest BCUT2D eigenvalue weighted by Gasteiger charge is -2.24. The van der Waals surface area contributed by atoms with Crippen molar-refractivity contribution in [2.75, 3.05) is 6.61 Å². The quantitative estimate of drug-likeness (QED) is 0.731. The highest BCUT2D eigenvalue weighted by Crippen LogP contribution is 2.29. The minimum Gasteiger partial charge on any atom is -0.478 e. The maximum absolute atomic E-state index is 5.80. The molecule has 0 N–H and O–H groups in total. The van der Waals surface area contributed by atoms with E-state index in [1.54, 1.807) is 0 Å². The van der Waals surface area contributed by atoms with Gasteiger partial charge in [-0.3, -0.25) is 0 Å². The molecule has 1 aliphatic carbocycles. The summed E-state index contributed by atoms with van der Waals surface area (Å²) >= 11 is 5.80. The van der Waals surface area contributed by atoms with Crippen molar-refractivity contribution in [1.29, 1.82) is 0 Å². The second-order valence-corrected chi connectivity index (χ2v) is 4.79. The molecule has 0 saturated heterocycles. The van der Waals surface area contributed by atoms with Crippen LogP contribution in [0.5, 0.6) is 5.88 Å². The highest BCUT2D eigenvalue weighted by Gasteiger charge is 2.16. The Morgan fingerprint density at radius 2 is 2.25 bits per heavy atom. The first-order valence-electron chi connectivity index (χ1n) is 5.94. The summed E-state index contributed by atoms with van der Waals surface area (Å²) in [6.45, 7) is 2.75. The number of rotatable bonds is 5. The second kappa shape index (κ2) is 5.53. The van der Waals surface area contributed by atoms with Crippen LogP contribution in [0.1, 0.15) is 36.9 Å². The molecule has 16 heavy (non-hydrogen) atoms. The maximum atomic E-state index is 5.80. The van der Waals surface area contributed by atoms with Gasteiger partial charge in [0.1, 0.15) is 0 Å². The fourth-order valence-electron chi connectivity index (χ4n) is 1.97. The second-order valence-electron chi connectivity index (χ2n) is 4.52. The summed E-state index contributed by atoms with van der Waals surface area (Å²) in [5.74, 6) is 2.12. The number of halogens is 1. The summed E-state index contributed by atoms with van der Waals surface area (Å²) in [6.07, 6.45) is 5.30. The van der Waals surface area contributed by atoms with Crippen LogP contribution in [0, 0.1) is 12.8 Å². The zero-order chi connectivity index (χ0) is 11.4. The minimum atomic E-state index is 0.516. The standard InChI is InChI=1S/C13H18ClNO/c1-10-7-12(9-14)8-13(15-10)16-6-5-11-3-2-4-11/h7-8,11H,2-6,9H2,1H3. The number of aryl methyl sites for hydroxylation is 1. The van der Waals surface area contributed by atoms with Gasteiger partial charge in [-0.05, 0) is 30.9 Å². The molecule has 0 radical (unpaired) electrons. The van der Waals surface area contributed by atoms with Crippen LogP contribution in [-0.4, -0.2) is 11.6 Å². The van der Waals surface area contributed by atoms with E-state index in [-0.39, 0.29) is 0 Å². The Bertz CT molecular complexity index is 350. The molecular formula is C13H18ClNO. The molecule has 0 amide bonds. The summed E-state index contributed by atoms with van der Waals surface area (Å²) < 4.78 is 5.67. The molecule has 0 spiro atoms. The molecule has 1 aromatic rings. The fourth-order valence-corrected chi connectivity index (χ4v) is 2.12. The predicted molar refractivity (Wildman–Crippen MR) is 66.0 cm³/mol. The third-order valence-electron chi connectivity index (χ3n) is 3.14. The van der Waals surface area contributed by atoms with E-state index in [0.717, 1.165) is 36.1 Å². The highest BCUT2D eigenvalue weighted by molar-refractivity contribution is 6.17. The number of alkyl halides is 1. The van der Waals surface area contributed by atoms with E-state index in [0.29, 0.717) is 5.88 Å². The van der Waals surface area contributed by atoms with E-state index >= 15 is 0 Å². The van der Waals surface area contributed by atoms with Crippen molar-refractivity contribution in [3.8, 4) is 5.88 Å². The first-order valence-corrected chi connectivity index (χ1v) is 6.47. The summed E-state index contributed by atoms with van der Waals surface area (Å²) in [6, 6.07) is 3.92. The third kappa shape index (κ3) is 3.11. The fraction of sp³-hybridized carbons (Fsp3) is 0.615. The van der Waals surface area contributed by atoms with Gasteiger partial charge in [-0.1, -0.05) is 19.3 Å². The van der Waals surface area contributed by atoms with E-state index in [4.69, 9.17) is 16.3 Å². The van der Waals surface area contributed by atoms with Crippen LogP contribution in [0.4, 0.5) is 0 Å². The Balaban J connectivity index is 1.84. The molecule has 1 heterocycles. The molecular weight excluding hydrogens is 222 g/mol. The molecule has 88 valence electrons. The first-order chi connectivity index (χ1) is 7.78. The lowest BCUT2D eigenvalue weighted by atomic mass is 9.83. The molecule has 0 aromatic carbocycles. The molecule has 0 unspecified atom stereocenters. The topological polar surface area (TPSA) is 22.1 Å². The average Bonchev–Trinajstić information content (AvgIpc) is 2.21. The van der Waals surface area contributed by atoms with E-state index in [2.05, 4.69) is 4.98 Å². The molecule has 1 aromatic heterocycles. The SMILES string of the molecule is Cc1cc(CCl)cc(OCCC2CCC2)n1. The van der Waals surface area contributed by atoms with Crippen LogP contribution in [0.3, 0.4) is 0 Å². The van der Waals surface area contributed by atoms with Crippen molar-refractivity contribution >= 4 is 11.6 Å². The lowest BCUT2D eigenvalue weighted by Crippen LogP contribution is -2.14. The molecule has 0 atom stereocenters. The minimum absolute atomic E-state index is 0.516. The maximum Gasteiger partial charge on any atom is 0.213 e. The Labute approximate surface area is 102 Å². The normalized spacial score (nSPS) is 15.9. The number of aromatic nitrogens is 1. The summed E-state index contributed by atoms with van der Waals surface area (Å²) in [4.78, 5) is 4.34. The van der Waals surface area contributed by atoms with Crippen molar-refractivity contribution in [2.45, 2.75) is 38.5 Å². The molecule has 3 heteroatoms. The Morgan fingerprint density at radius 1 is 1.44 bits per heavy atom. The van der Waals surface area contributed by atoms with Gasteiger partial charge in [0, 0.05) is 17.6 Å². The molecule has 1 aliphatic rings. The van der Waals surface area contributed by atoms with Crippen molar-refractivity contribution < 1.29 is 4.74 Å². The third-order valence-corrected chi connectivity index (χ3v) is 3.45. The molecule has 1 saturated carbocycles. The first kappa shape index (κ1) is 11.7. The van der Waals surface area contributed by atoms with E-state index in [9.17, 15) is 0 Å². The highest BCUT2D eigenvalue weighted by atomic mass is 35.5. The molecule has 2 rings (SSSR count). The predicted octanol–water partition coefficient (Wildman–Crippen LogP) is 3.70. The van der Waals surface area contributed by atoms with E-state index in [1.807, 2.05) is 19.1 Å². The number of pyridine rings is 1. The zero-order valence-electron chi connectivity index (χ0n) is 9.71. The van der Waals surface area contributed by atoms with Crippen LogP contribution < -0.4 is 4.74 Å². The van der Waals surface area contributed by atoms with Gasteiger partial charge in [0.05, 0.1) is 6.61 Å². The molecule has 0 aliphatic heterocycles. The number of ether oxygens (including phenoxy) is 1. The van der Waals surface area contributed by atoms with Crippen molar-refractivity contribution in [1.82, 2.24) is 4.98 Å². The van der Waals surface area contributed by atoms with Crippen LogP contribution in [0.15, 0.2) is 12.1 Å². The van der Waals surface area contributed by atoms with Gasteiger partial charge in [-0.15, -0.1) is 11.6 Å². The Kier molecular flexibility index (Phi) is 4.05. The number of hydrogen-bond donors (Lipinski definition) is 0. The largest absolute Gasteiger partial charge is 0.478 e. The Morgan fingerprint density at radius 3 is 2.88 bits per heavy atom. The summed E-state index contributed by atoms with van der Waals surface area (Å²) in [5.41, 5.74) is 2.05. The summed E-state index contributed by atoms with van der Waals surface area (Å²) in [5, 5.41) is 0. The van der Waals surface area contributed by atoms with Crippen LogP contribution in [-0.2, 0) is 5.88 Å². The van der Waals surface area contributed by atoms with Crippen molar-refractivity contribution in [3.05, 3.63) is 23.4 Å².